The molecule has 0 radical (unpaired) electrons. The normalized spacial score (nSPS) is 11.2. The third-order valence-electron chi connectivity index (χ3n) is 2.54. The number of hydrogen-bond acceptors (Lipinski definition) is 3. The molecule has 0 spiro atoms. The van der Waals surface area contributed by atoms with Crippen molar-refractivity contribution < 1.29 is 27.8 Å². The molecule has 1 aromatic carbocycles. The highest BCUT2D eigenvalue weighted by atomic mass is 19.4. The lowest BCUT2D eigenvalue weighted by molar-refractivity contribution is -0.274. The summed E-state index contributed by atoms with van der Waals surface area (Å²) in [5.74, 6) is -1.32. The number of hydrogen-bond donors (Lipinski definition) is 1. The van der Waals surface area contributed by atoms with Crippen molar-refractivity contribution in [3.05, 3.63) is 48.2 Å². The molecule has 0 bridgehead atoms. The maximum Gasteiger partial charge on any atom is 0.573 e. The van der Waals surface area contributed by atoms with E-state index in [9.17, 15) is 18.0 Å². The third kappa shape index (κ3) is 4.48. The van der Waals surface area contributed by atoms with Gasteiger partial charge in [0, 0.05) is 11.8 Å². The summed E-state index contributed by atoms with van der Waals surface area (Å²) in [5.41, 5.74) is 1.38. The van der Waals surface area contributed by atoms with Crippen LogP contribution in [0.4, 0.5) is 13.2 Å². The molecule has 110 valence electrons. The van der Waals surface area contributed by atoms with Crippen LogP contribution in [0.25, 0.3) is 11.3 Å². The molecule has 0 aliphatic carbocycles. The van der Waals surface area contributed by atoms with Crippen LogP contribution in [-0.2, 0) is 11.2 Å². The van der Waals surface area contributed by atoms with Gasteiger partial charge in [0.2, 0.25) is 0 Å². The van der Waals surface area contributed by atoms with E-state index in [1.165, 1.54) is 24.4 Å². The molecular formula is C14H10F3NO3. The fraction of sp³-hybridized carbons (Fsp3) is 0.143. The van der Waals surface area contributed by atoms with Gasteiger partial charge in [0.15, 0.2) is 0 Å². The van der Waals surface area contributed by atoms with E-state index in [4.69, 9.17) is 5.11 Å². The Kier molecular flexibility index (Phi) is 4.11. The summed E-state index contributed by atoms with van der Waals surface area (Å²) < 4.78 is 40.3. The number of carboxylic acid groups (broad SMARTS) is 1. The first-order valence-electron chi connectivity index (χ1n) is 5.86. The van der Waals surface area contributed by atoms with Gasteiger partial charge in [0.25, 0.3) is 0 Å². The topological polar surface area (TPSA) is 59.4 Å². The summed E-state index contributed by atoms with van der Waals surface area (Å²) in [6, 6.07) is 8.52. The fourth-order valence-electron chi connectivity index (χ4n) is 1.73. The third-order valence-corrected chi connectivity index (χ3v) is 2.54. The summed E-state index contributed by atoms with van der Waals surface area (Å²) in [7, 11) is 0. The number of rotatable bonds is 4. The minimum absolute atomic E-state index is 0.162. The lowest BCUT2D eigenvalue weighted by Crippen LogP contribution is -2.17. The standard InChI is InChI=1S/C14H10F3NO3/c15-14(16,17)21-11-3-1-2-10(7-11)12-5-4-9(8-18-12)6-13(19)20/h1-5,7-8H,6H2,(H,19,20). The Morgan fingerprint density at radius 1 is 1.24 bits per heavy atom. The molecule has 0 amide bonds. The second-order valence-corrected chi connectivity index (χ2v) is 4.20. The van der Waals surface area contributed by atoms with Crippen molar-refractivity contribution in [2.24, 2.45) is 0 Å². The van der Waals surface area contributed by atoms with Crippen LogP contribution in [0.15, 0.2) is 42.6 Å². The minimum Gasteiger partial charge on any atom is -0.481 e. The van der Waals surface area contributed by atoms with E-state index < -0.39 is 12.3 Å². The first kappa shape index (κ1) is 14.8. The number of pyridine rings is 1. The molecule has 0 aliphatic heterocycles. The van der Waals surface area contributed by atoms with E-state index in [0.29, 0.717) is 16.8 Å². The average Bonchev–Trinajstić information content (AvgIpc) is 2.37. The van der Waals surface area contributed by atoms with Crippen LogP contribution in [-0.4, -0.2) is 22.4 Å². The molecule has 2 rings (SSSR count). The van der Waals surface area contributed by atoms with Crippen molar-refractivity contribution in [1.29, 1.82) is 0 Å². The zero-order chi connectivity index (χ0) is 15.5. The van der Waals surface area contributed by atoms with Crippen molar-refractivity contribution in [2.45, 2.75) is 12.8 Å². The van der Waals surface area contributed by atoms with Crippen LogP contribution in [0.3, 0.4) is 0 Å². The van der Waals surface area contributed by atoms with E-state index >= 15 is 0 Å². The zero-order valence-corrected chi connectivity index (χ0v) is 10.6. The summed E-state index contributed by atoms with van der Waals surface area (Å²) in [4.78, 5) is 14.6. The van der Waals surface area contributed by atoms with Gasteiger partial charge in [-0.1, -0.05) is 18.2 Å². The maximum atomic E-state index is 12.2. The average molecular weight is 297 g/mol. The number of aliphatic carboxylic acids is 1. The van der Waals surface area contributed by atoms with E-state index in [1.807, 2.05) is 0 Å². The van der Waals surface area contributed by atoms with Gasteiger partial charge in [-0.3, -0.25) is 9.78 Å². The quantitative estimate of drug-likeness (QED) is 0.941. The van der Waals surface area contributed by atoms with Crippen LogP contribution in [0, 0.1) is 0 Å². The van der Waals surface area contributed by atoms with Crippen LogP contribution in [0.5, 0.6) is 5.75 Å². The molecule has 0 aliphatic rings. The molecule has 0 unspecified atom stereocenters. The van der Waals surface area contributed by atoms with E-state index in [2.05, 4.69) is 9.72 Å². The van der Waals surface area contributed by atoms with Gasteiger partial charge in [-0.15, -0.1) is 13.2 Å². The van der Waals surface area contributed by atoms with Crippen LogP contribution < -0.4 is 4.74 Å². The van der Waals surface area contributed by atoms with Crippen LogP contribution in [0.2, 0.25) is 0 Å². The monoisotopic (exact) mass is 297 g/mol. The van der Waals surface area contributed by atoms with Crippen molar-refractivity contribution in [1.82, 2.24) is 4.98 Å². The Bertz CT molecular complexity index is 639. The number of halogens is 3. The molecule has 1 N–H and O–H groups in total. The Morgan fingerprint density at radius 3 is 2.57 bits per heavy atom. The molecule has 0 fully saturated rings. The Balaban J connectivity index is 2.21. The van der Waals surface area contributed by atoms with E-state index in [-0.39, 0.29) is 12.2 Å². The number of carboxylic acids is 1. The summed E-state index contributed by atoms with van der Waals surface area (Å²) >= 11 is 0. The molecule has 2 aromatic rings. The van der Waals surface area contributed by atoms with Crippen molar-refractivity contribution in [2.75, 3.05) is 0 Å². The van der Waals surface area contributed by atoms with Gasteiger partial charge in [0.1, 0.15) is 5.75 Å². The lowest BCUT2D eigenvalue weighted by atomic mass is 10.1. The smallest absolute Gasteiger partial charge is 0.481 e. The molecule has 4 nitrogen and oxygen atoms in total. The van der Waals surface area contributed by atoms with Gasteiger partial charge in [-0.2, -0.15) is 0 Å². The summed E-state index contributed by atoms with van der Waals surface area (Å²) in [5, 5.41) is 8.65. The summed E-state index contributed by atoms with van der Waals surface area (Å²) in [6.45, 7) is 0. The maximum absolute atomic E-state index is 12.2. The number of carbonyl (C=O) groups is 1. The van der Waals surface area contributed by atoms with Crippen LogP contribution >= 0.6 is 0 Å². The fourth-order valence-corrected chi connectivity index (χ4v) is 1.73. The molecule has 7 heteroatoms. The highest BCUT2D eigenvalue weighted by molar-refractivity contribution is 5.70. The second-order valence-electron chi connectivity index (χ2n) is 4.20. The molecular weight excluding hydrogens is 287 g/mol. The van der Waals surface area contributed by atoms with E-state index in [1.54, 1.807) is 18.2 Å². The van der Waals surface area contributed by atoms with Gasteiger partial charge < -0.3 is 9.84 Å². The zero-order valence-electron chi connectivity index (χ0n) is 10.6. The Hall–Kier alpha value is -2.57. The number of nitrogens with zero attached hydrogens (tertiary/aromatic N) is 1. The summed E-state index contributed by atoms with van der Waals surface area (Å²) in [6.07, 6.45) is -3.54. The highest BCUT2D eigenvalue weighted by Gasteiger charge is 2.31. The molecule has 21 heavy (non-hydrogen) atoms. The number of aromatic nitrogens is 1. The number of benzene rings is 1. The van der Waals surface area contributed by atoms with Gasteiger partial charge in [0.05, 0.1) is 12.1 Å². The van der Waals surface area contributed by atoms with Gasteiger partial charge >= 0.3 is 12.3 Å². The number of alkyl halides is 3. The Morgan fingerprint density at radius 2 is 2.00 bits per heavy atom. The van der Waals surface area contributed by atoms with Gasteiger partial charge in [-0.05, 0) is 23.8 Å². The number of ether oxygens (including phenoxy) is 1. The predicted octanol–water partition coefficient (Wildman–Crippen LogP) is 3.27. The largest absolute Gasteiger partial charge is 0.573 e. The molecule has 1 aromatic heterocycles. The second kappa shape index (κ2) is 5.82. The van der Waals surface area contributed by atoms with Gasteiger partial charge in [-0.25, -0.2) is 0 Å². The van der Waals surface area contributed by atoms with Crippen molar-refractivity contribution >= 4 is 5.97 Å². The van der Waals surface area contributed by atoms with Crippen LogP contribution in [0.1, 0.15) is 5.56 Å². The van der Waals surface area contributed by atoms with Crippen molar-refractivity contribution in [3.8, 4) is 17.0 Å². The molecule has 0 saturated carbocycles. The van der Waals surface area contributed by atoms with E-state index in [0.717, 1.165) is 0 Å². The van der Waals surface area contributed by atoms with Crippen molar-refractivity contribution in [3.63, 3.8) is 0 Å². The molecule has 0 saturated heterocycles. The molecule has 1 heterocycles. The first-order chi connectivity index (χ1) is 9.83. The Labute approximate surface area is 117 Å². The molecule has 0 atom stereocenters. The minimum atomic E-state index is -4.75. The predicted molar refractivity (Wildman–Crippen MR) is 67.7 cm³/mol. The first-order valence-corrected chi connectivity index (χ1v) is 5.86. The SMILES string of the molecule is O=C(O)Cc1ccc(-c2cccc(OC(F)(F)F)c2)nc1. The lowest BCUT2D eigenvalue weighted by Gasteiger charge is -2.10. The highest BCUT2D eigenvalue weighted by Crippen LogP contribution is 2.27.